The first-order valence-corrected chi connectivity index (χ1v) is 6.62. The van der Waals surface area contributed by atoms with Gasteiger partial charge in [0.25, 0.3) is 0 Å². The van der Waals surface area contributed by atoms with Crippen molar-refractivity contribution in [3.8, 4) is 0 Å². The van der Waals surface area contributed by atoms with Crippen LogP contribution in [-0.2, 0) is 13.0 Å². The SMILES string of the molecule is NCc1ccccc1C1CCCc2cccnc21. The van der Waals surface area contributed by atoms with Gasteiger partial charge in [-0.3, -0.25) is 4.98 Å². The number of nitrogens with two attached hydrogens (primary N) is 1. The second-order valence-corrected chi connectivity index (χ2v) is 4.90. The maximum absolute atomic E-state index is 5.86. The number of rotatable bonds is 2. The lowest BCUT2D eigenvalue weighted by molar-refractivity contribution is 0.595. The molecule has 1 aromatic heterocycles. The summed E-state index contributed by atoms with van der Waals surface area (Å²) < 4.78 is 0. The van der Waals surface area contributed by atoms with E-state index in [4.69, 9.17) is 5.73 Å². The highest BCUT2D eigenvalue weighted by atomic mass is 14.7. The van der Waals surface area contributed by atoms with Crippen LogP contribution in [0.5, 0.6) is 0 Å². The molecule has 0 fully saturated rings. The fourth-order valence-corrected chi connectivity index (χ4v) is 2.97. The molecule has 2 aromatic rings. The number of pyridine rings is 1. The van der Waals surface area contributed by atoms with E-state index in [0.29, 0.717) is 12.5 Å². The molecule has 0 aliphatic heterocycles. The maximum atomic E-state index is 5.86. The Balaban J connectivity index is 2.08. The molecular formula is C16H18N2. The van der Waals surface area contributed by atoms with Crippen LogP contribution < -0.4 is 5.73 Å². The first-order valence-electron chi connectivity index (χ1n) is 6.62. The Labute approximate surface area is 108 Å². The molecule has 1 aromatic carbocycles. The lowest BCUT2D eigenvalue weighted by Gasteiger charge is -2.26. The first-order chi connectivity index (χ1) is 8.90. The third kappa shape index (κ3) is 1.93. The van der Waals surface area contributed by atoms with E-state index < -0.39 is 0 Å². The fourth-order valence-electron chi connectivity index (χ4n) is 2.97. The van der Waals surface area contributed by atoms with Gasteiger partial charge in [0.15, 0.2) is 0 Å². The van der Waals surface area contributed by atoms with Gasteiger partial charge in [-0.1, -0.05) is 30.3 Å². The summed E-state index contributed by atoms with van der Waals surface area (Å²) in [7, 11) is 0. The Morgan fingerprint density at radius 1 is 1.17 bits per heavy atom. The van der Waals surface area contributed by atoms with E-state index in [0.717, 1.165) is 6.42 Å². The van der Waals surface area contributed by atoms with Crippen molar-refractivity contribution in [1.29, 1.82) is 0 Å². The van der Waals surface area contributed by atoms with Gasteiger partial charge in [-0.15, -0.1) is 0 Å². The Bertz CT molecular complexity index is 548. The van der Waals surface area contributed by atoms with Crippen LogP contribution in [0.1, 0.15) is 41.1 Å². The van der Waals surface area contributed by atoms with Crippen LogP contribution in [0.4, 0.5) is 0 Å². The molecule has 1 aliphatic rings. The van der Waals surface area contributed by atoms with Crippen LogP contribution in [0.2, 0.25) is 0 Å². The number of aryl methyl sites for hydroxylation is 1. The highest BCUT2D eigenvalue weighted by Crippen LogP contribution is 2.36. The standard InChI is InChI=1S/C16H18N2/c17-11-13-5-1-2-8-14(13)15-9-3-6-12-7-4-10-18-16(12)15/h1-2,4-5,7-8,10,15H,3,6,9,11,17H2. The van der Waals surface area contributed by atoms with Crippen LogP contribution in [0.3, 0.4) is 0 Å². The van der Waals surface area contributed by atoms with Gasteiger partial charge in [-0.2, -0.15) is 0 Å². The van der Waals surface area contributed by atoms with Gasteiger partial charge in [0, 0.05) is 18.7 Å². The largest absolute Gasteiger partial charge is 0.326 e. The Hall–Kier alpha value is -1.67. The summed E-state index contributed by atoms with van der Waals surface area (Å²) in [5.74, 6) is 0.426. The van der Waals surface area contributed by atoms with Crippen molar-refractivity contribution in [3.63, 3.8) is 0 Å². The molecule has 92 valence electrons. The van der Waals surface area contributed by atoms with E-state index in [2.05, 4.69) is 35.3 Å². The molecule has 0 amide bonds. The number of aromatic nitrogens is 1. The van der Waals surface area contributed by atoms with Gasteiger partial charge in [-0.05, 0) is 42.0 Å². The first kappa shape index (κ1) is 11.4. The van der Waals surface area contributed by atoms with E-state index in [1.807, 2.05) is 12.3 Å². The van der Waals surface area contributed by atoms with E-state index in [1.165, 1.54) is 35.2 Å². The molecule has 0 saturated carbocycles. The maximum Gasteiger partial charge on any atom is 0.0510 e. The van der Waals surface area contributed by atoms with Crippen molar-refractivity contribution in [2.75, 3.05) is 0 Å². The molecule has 0 saturated heterocycles. The molecule has 0 spiro atoms. The van der Waals surface area contributed by atoms with Crippen molar-refractivity contribution in [1.82, 2.24) is 4.98 Å². The zero-order valence-electron chi connectivity index (χ0n) is 10.5. The summed E-state index contributed by atoms with van der Waals surface area (Å²) in [4.78, 5) is 4.61. The zero-order chi connectivity index (χ0) is 12.4. The van der Waals surface area contributed by atoms with Gasteiger partial charge in [0.2, 0.25) is 0 Å². The summed E-state index contributed by atoms with van der Waals surface area (Å²) >= 11 is 0. The molecule has 2 nitrogen and oxygen atoms in total. The van der Waals surface area contributed by atoms with Crippen molar-refractivity contribution >= 4 is 0 Å². The quantitative estimate of drug-likeness (QED) is 0.873. The highest BCUT2D eigenvalue weighted by Gasteiger charge is 2.24. The smallest absolute Gasteiger partial charge is 0.0510 e. The van der Waals surface area contributed by atoms with Gasteiger partial charge >= 0.3 is 0 Å². The molecule has 1 unspecified atom stereocenters. The van der Waals surface area contributed by atoms with Crippen LogP contribution >= 0.6 is 0 Å². The van der Waals surface area contributed by atoms with Crippen molar-refractivity contribution in [2.45, 2.75) is 31.7 Å². The monoisotopic (exact) mass is 238 g/mol. The Morgan fingerprint density at radius 3 is 2.94 bits per heavy atom. The molecular weight excluding hydrogens is 220 g/mol. The predicted octanol–water partition coefficient (Wildman–Crippen LogP) is 3.01. The normalized spacial score (nSPS) is 18.4. The third-order valence-electron chi connectivity index (χ3n) is 3.85. The molecule has 3 rings (SSSR count). The average molecular weight is 238 g/mol. The number of nitrogens with zero attached hydrogens (tertiary/aromatic N) is 1. The summed E-state index contributed by atoms with van der Waals surface area (Å²) in [6.45, 7) is 0.606. The molecule has 1 aliphatic carbocycles. The summed E-state index contributed by atoms with van der Waals surface area (Å²) in [5.41, 5.74) is 11.1. The molecule has 0 radical (unpaired) electrons. The molecule has 0 bridgehead atoms. The number of hydrogen-bond acceptors (Lipinski definition) is 2. The minimum absolute atomic E-state index is 0.426. The van der Waals surface area contributed by atoms with Gasteiger partial charge < -0.3 is 5.73 Å². The van der Waals surface area contributed by atoms with Crippen LogP contribution in [0.25, 0.3) is 0 Å². The summed E-state index contributed by atoms with van der Waals surface area (Å²) in [6, 6.07) is 12.7. The lowest BCUT2D eigenvalue weighted by atomic mass is 9.80. The fraction of sp³-hybridized carbons (Fsp3) is 0.312. The van der Waals surface area contributed by atoms with E-state index in [-0.39, 0.29) is 0 Å². The van der Waals surface area contributed by atoms with E-state index >= 15 is 0 Å². The molecule has 18 heavy (non-hydrogen) atoms. The van der Waals surface area contributed by atoms with Crippen LogP contribution in [0, 0.1) is 0 Å². The molecule has 1 heterocycles. The molecule has 1 atom stereocenters. The van der Waals surface area contributed by atoms with Crippen molar-refractivity contribution < 1.29 is 0 Å². The Morgan fingerprint density at radius 2 is 2.06 bits per heavy atom. The van der Waals surface area contributed by atoms with Gasteiger partial charge in [0.05, 0.1) is 5.69 Å². The second kappa shape index (κ2) is 4.91. The average Bonchev–Trinajstić information content (AvgIpc) is 2.46. The third-order valence-corrected chi connectivity index (χ3v) is 3.85. The molecule has 2 N–H and O–H groups in total. The number of fused-ring (bicyclic) bond motifs is 1. The van der Waals surface area contributed by atoms with Crippen molar-refractivity contribution in [3.05, 3.63) is 65.0 Å². The highest BCUT2D eigenvalue weighted by molar-refractivity contribution is 5.39. The lowest BCUT2D eigenvalue weighted by Crippen LogP contribution is -2.15. The zero-order valence-corrected chi connectivity index (χ0v) is 10.5. The number of hydrogen-bond donors (Lipinski definition) is 1. The van der Waals surface area contributed by atoms with Crippen LogP contribution in [0.15, 0.2) is 42.6 Å². The Kier molecular flexibility index (Phi) is 3.11. The summed E-state index contributed by atoms with van der Waals surface area (Å²) in [6.07, 6.45) is 5.48. The van der Waals surface area contributed by atoms with E-state index in [9.17, 15) is 0 Å². The van der Waals surface area contributed by atoms with Crippen molar-refractivity contribution in [2.24, 2.45) is 5.73 Å². The van der Waals surface area contributed by atoms with Gasteiger partial charge in [0.1, 0.15) is 0 Å². The molecule has 2 heteroatoms. The summed E-state index contributed by atoms with van der Waals surface area (Å²) in [5, 5.41) is 0. The predicted molar refractivity (Wildman–Crippen MR) is 73.4 cm³/mol. The van der Waals surface area contributed by atoms with E-state index in [1.54, 1.807) is 0 Å². The van der Waals surface area contributed by atoms with Gasteiger partial charge in [-0.25, -0.2) is 0 Å². The van der Waals surface area contributed by atoms with Crippen LogP contribution in [-0.4, -0.2) is 4.98 Å². The topological polar surface area (TPSA) is 38.9 Å². The second-order valence-electron chi connectivity index (χ2n) is 4.90. The number of benzene rings is 1. The minimum atomic E-state index is 0.426. The minimum Gasteiger partial charge on any atom is -0.326 e.